The number of nitrogens with zero attached hydrogens (tertiary/aromatic N) is 6. The monoisotopic (exact) mass is 511 g/mol. The van der Waals surface area contributed by atoms with E-state index in [4.69, 9.17) is 0 Å². The lowest BCUT2D eigenvalue weighted by molar-refractivity contribution is -0.380. The van der Waals surface area contributed by atoms with E-state index in [9.17, 15) is 29.2 Å². The zero-order valence-corrected chi connectivity index (χ0v) is 19.3. The van der Waals surface area contributed by atoms with Gasteiger partial charge in [0.2, 0.25) is 0 Å². The van der Waals surface area contributed by atoms with Crippen molar-refractivity contribution in [3.63, 3.8) is 0 Å². The van der Waals surface area contributed by atoms with Gasteiger partial charge in [-0.25, -0.2) is 24.1 Å². The Bertz CT molecular complexity index is 1480. The molecular weight excluding hydrogens is 493 g/mol. The number of hydrogen-bond donors (Lipinski definition) is 2. The summed E-state index contributed by atoms with van der Waals surface area (Å²) in [6.07, 6.45) is 1.70. The summed E-state index contributed by atoms with van der Waals surface area (Å²) < 4.78 is 15.3. The first-order valence-corrected chi connectivity index (χ1v) is 11.7. The van der Waals surface area contributed by atoms with Gasteiger partial charge in [0.05, 0.1) is 16.1 Å². The number of nitro groups is 1. The van der Waals surface area contributed by atoms with Gasteiger partial charge >= 0.3 is 11.1 Å². The van der Waals surface area contributed by atoms with Crippen molar-refractivity contribution in [3.05, 3.63) is 63.5 Å². The lowest BCUT2D eigenvalue weighted by Crippen LogP contribution is -2.38. The second-order valence-electron chi connectivity index (χ2n) is 8.08. The van der Waals surface area contributed by atoms with Gasteiger partial charge < -0.3 is 19.9 Å². The molecule has 1 aliphatic heterocycles. The quantitative estimate of drug-likeness (QED) is 0.299. The van der Waals surface area contributed by atoms with Crippen molar-refractivity contribution in [2.75, 3.05) is 18.4 Å². The van der Waals surface area contributed by atoms with E-state index in [1.807, 2.05) is 4.57 Å². The number of likely N-dealkylation sites (tertiary alicyclic amines) is 1. The van der Waals surface area contributed by atoms with E-state index in [0.717, 1.165) is 11.3 Å². The van der Waals surface area contributed by atoms with Crippen LogP contribution in [0.15, 0.2) is 42.7 Å². The minimum atomic E-state index is -0.969. The van der Waals surface area contributed by atoms with Crippen molar-refractivity contribution in [2.45, 2.75) is 18.9 Å². The Balaban J connectivity index is 1.54. The first-order chi connectivity index (χ1) is 17.3. The maximum absolute atomic E-state index is 13.5. The van der Waals surface area contributed by atoms with E-state index < -0.39 is 22.7 Å². The summed E-state index contributed by atoms with van der Waals surface area (Å²) >= 11 is 0.732. The summed E-state index contributed by atoms with van der Waals surface area (Å²) in [5.74, 6) is -0.702. The van der Waals surface area contributed by atoms with E-state index in [1.54, 1.807) is 6.33 Å². The molecule has 1 aliphatic rings. The highest BCUT2D eigenvalue weighted by Crippen LogP contribution is 2.31. The average Bonchev–Trinajstić information content (AvgIpc) is 3.53. The van der Waals surface area contributed by atoms with Crippen LogP contribution in [-0.4, -0.2) is 59.5 Å². The number of carbonyl (C=O) groups excluding carboxylic acids is 1. The lowest BCUT2D eigenvalue weighted by Gasteiger charge is -2.30. The number of nitrogens with one attached hydrogen (secondary N) is 1. The van der Waals surface area contributed by atoms with Gasteiger partial charge in [0.1, 0.15) is 5.82 Å². The van der Waals surface area contributed by atoms with Crippen molar-refractivity contribution in [1.82, 2.24) is 24.4 Å². The maximum Gasteiger partial charge on any atom is 0.407 e. The molecule has 2 N–H and O–H groups in total. The van der Waals surface area contributed by atoms with E-state index in [2.05, 4.69) is 20.3 Å². The van der Waals surface area contributed by atoms with Crippen molar-refractivity contribution in [3.8, 4) is 11.4 Å². The third-order valence-corrected chi connectivity index (χ3v) is 6.92. The predicted octanol–water partition coefficient (Wildman–Crippen LogP) is 4.17. The third-order valence-electron chi connectivity index (χ3n) is 5.88. The van der Waals surface area contributed by atoms with Crippen LogP contribution in [0.25, 0.3) is 22.6 Å². The number of carbonyl (C=O) groups is 2. The number of piperidine rings is 1. The van der Waals surface area contributed by atoms with Gasteiger partial charge in [-0.15, -0.1) is 0 Å². The molecule has 3 aromatic heterocycles. The Kier molecular flexibility index (Phi) is 6.01. The first-order valence-electron chi connectivity index (χ1n) is 10.8. The van der Waals surface area contributed by atoms with Crippen LogP contribution >= 0.6 is 11.3 Å². The van der Waals surface area contributed by atoms with E-state index >= 15 is 0 Å². The molecule has 0 saturated carbocycles. The summed E-state index contributed by atoms with van der Waals surface area (Å²) in [6.45, 7) is 0.715. The molecule has 184 valence electrons. The van der Waals surface area contributed by atoms with Gasteiger partial charge in [0, 0.05) is 30.8 Å². The molecule has 5 rings (SSSR count). The fourth-order valence-corrected chi connectivity index (χ4v) is 4.77. The highest BCUT2D eigenvalue weighted by atomic mass is 32.1. The number of hydrogen-bond acceptors (Lipinski definition) is 8. The van der Waals surface area contributed by atoms with Crippen LogP contribution in [0.4, 0.5) is 20.0 Å². The van der Waals surface area contributed by atoms with Crippen LogP contribution in [-0.2, 0) is 0 Å². The number of rotatable bonds is 5. The summed E-state index contributed by atoms with van der Waals surface area (Å²) in [4.78, 5) is 49.5. The van der Waals surface area contributed by atoms with Crippen molar-refractivity contribution in [2.24, 2.45) is 0 Å². The normalized spacial score (nSPS) is 14.2. The largest absolute Gasteiger partial charge is 0.465 e. The highest BCUT2D eigenvalue weighted by Gasteiger charge is 2.26. The van der Waals surface area contributed by atoms with Crippen LogP contribution in [0, 0.1) is 15.9 Å². The number of fused-ring (bicyclic) bond motifs is 1. The van der Waals surface area contributed by atoms with Crippen LogP contribution in [0.1, 0.15) is 28.6 Å². The van der Waals surface area contributed by atoms with Gasteiger partial charge in [-0.3, -0.25) is 14.9 Å². The number of anilines is 1. The zero-order chi connectivity index (χ0) is 25.4. The number of amides is 2. The minimum absolute atomic E-state index is 0.0786. The number of benzene rings is 1. The molecule has 1 aromatic carbocycles. The second kappa shape index (κ2) is 9.30. The first kappa shape index (κ1) is 23.3. The number of halogens is 1. The third kappa shape index (κ3) is 4.45. The Hall–Kier alpha value is -4.46. The maximum atomic E-state index is 13.5. The summed E-state index contributed by atoms with van der Waals surface area (Å²) in [7, 11) is 0. The number of imidazole rings is 1. The second-order valence-corrected chi connectivity index (χ2v) is 9.14. The molecule has 36 heavy (non-hydrogen) atoms. The van der Waals surface area contributed by atoms with Gasteiger partial charge in [-0.1, -0.05) is 11.3 Å². The minimum Gasteiger partial charge on any atom is -0.465 e. The smallest absolute Gasteiger partial charge is 0.407 e. The molecule has 4 aromatic rings. The molecule has 2 amide bonds. The number of thiophene rings is 1. The molecule has 4 heterocycles. The molecule has 14 heteroatoms. The molecule has 1 saturated heterocycles. The summed E-state index contributed by atoms with van der Waals surface area (Å²) in [6, 6.07) is 8.08. The Morgan fingerprint density at radius 2 is 1.86 bits per heavy atom. The zero-order valence-electron chi connectivity index (χ0n) is 18.5. The van der Waals surface area contributed by atoms with Crippen molar-refractivity contribution in [1.29, 1.82) is 0 Å². The van der Waals surface area contributed by atoms with Gasteiger partial charge in [-0.2, -0.15) is 0 Å². The molecule has 0 unspecified atom stereocenters. The van der Waals surface area contributed by atoms with E-state index in [-0.39, 0.29) is 27.6 Å². The molecule has 0 spiro atoms. The van der Waals surface area contributed by atoms with E-state index in [0.29, 0.717) is 42.7 Å². The Labute approximate surface area is 206 Å². The standard InChI is InChI=1S/C22H18FN7O5S/c23-13-3-1-12(2-4-13)18-25-19(27-21(31)15-5-6-16(36-15)30(34)35)17-20(26-18)29(11-24-17)14-7-9-28(10-8-14)22(32)33/h1-6,11,14H,7-10H2,(H,32,33)(H,25,26,27,31). The van der Waals surface area contributed by atoms with E-state index in [1.165, 1.54) is 41.3 Å². The van der Waals surface area contributed by atoms with Crippen LogP contribution in [0.5, 0.6) is 0 Å². The van der Waals surface area contributed by atoms with Crippen molar-refractivity contribution < 1.29 is 24.0 Å². The molecule has 1 fully saturated rings. The average molecular weight is 511 g/mol. The van der Waals surface area contributed by atoms with Crippen LogP contribution in [0.2, 0.25) is 0 Å². The van der Waals surface area contributed by atoms with Gasteiger partial charge in [0.15, 0.2) is 22.8 Å². The number of carboxylic acid groups (broad SMARTS) is 1. The predicted molar refractivity (Wildman–Crippen MR) is 128 cm³/mol. The van der Waals surface area contributed by atoms with Gasteiger partial charge in [0.25, 0.3) is 5.91 Å². The topological polar surface area (TPSA) is 156 Å². The molecule has 0 atom stereocenters. The summed E-state index contributed by atoms with van der Waals surface area (Å²) in [5, 5.41) is 22.7. The molecule has 0 aliphatic carbocycles. The highest BCUT2D eigenvalue weighted by molar-refractivity contribution is 7.17. The molecule has 0 radical (unpaired) electrons. The fraction of sp³-hybridized carbons (Fsp3) is 0.227. The SMILES string of the molecule is O=C(Nc1nc(-c2ccc(F)cc2)nc2c1ncn2C1CCN(C(=O)O)CC1)c1ccc([N+](=O)[O-])s1. The molecular formula is C22H18FN7O5S. The molecule has 12 nitrogen and oxygen atoms in total. The number of aromatic nitrogens is 4. The van der Waals surface area contributed by atoms with Crippen LogP contribution in [0.3, 0.4) is 0 Å². The lowest BCUT2D eigenvalue weighted by atomic mass is 10.1. The Morgan fingerprint density at radius 1 is 1.14 bits per heavy atom. The Morgan fingerprint density at radius 3 is 2.50 bits per heavy atom. The summed E-state index contributed by atoms with van der Waals surface area (Å²) in [5.41, 5.74) is 1.24. The van der Waals surface area contributed by atoms with Crippen molar-refractivity contribution >= 4 is 45.3 Å². The van der Waals surface area contributed by atoms with Crippen LogP contribution < -0.4 is 5.32 Å². The fourth-order valence-electron chi connectivity index (χ4n) is 4.05. The van der Waals surface area contributed by atoms with Gasteiger partial charge in [-0.05, 0) is 43.2 Å². The molecule has 0 bridgehead atoms.